The number of non-ortho nitro benzene ring substituents is 1. The highest BCUT2D eigenvalue weighted by molar-refractivity contribution is 9.10. The van der Waals surface area contributed by atoms with Crippen LogP contribution in [0.5, 0.6) is 0 Å². The van der Waals surface area contributed by atoms with Gasteiger partial charge < -0.3 is 5.73 Å². The van der Waals surface area contributed by atoms with E-state index in [1.165, 1.54) is 23.5 Å². The summed E-state index contributed by atoms with van der Waals surface area (Å²) in [7, 11) is 0. The molecule has 0 aliphatic rings. The summed E-state index contributed by atoms with van der Waals surface area (Å²) >= 11 is 4.91. The van der Waals surface area contributed by atoms with E-state index in [1.807, 2.05) is 18.2 Å². The summed E-state index contributed by atoms with van der Waals surface area (Å²) in [5.74, 6) is 0. The zero-order valence-corrected chi connectivity index (χ0v) is 12.4. The zero-order chi connectivity index (χ0) is 14.3. The average Bonchev–Trinajstić information content (AvgIpc) is 2.80. The van der Waals surface area contributed by atoms with Crippen LogP contribution in [0.3, 0.4) is 0 Å². The van der Waals surface area contributed by atoms with Gasteiger partial charge in [0.15, 0.2) is 0 Å². The molecule has 0 amide bonds. The predicted octanol–water partition coefficient (Wildman–Crippen LogP) is 4.22. The van der Waals surface area contributed by atoms with E-state index in [1.54, 1.807) is 6.07 Å². The molecule has 0 spiro atoms. The maximum absolute atomic E-state index is 10.7. The molecule has 2 aromatic carbocycles. The van der Waals surface area contributed by atoms with Crippen LogP contribution in [0.15, 0.2) is 40.9 Å². The maximum atomic E-state index is 10.7. The number of nitrogens with two attached hydrogens (primary N) is 1. The van der Waals surface area contributed by atoms with Crippen molar-refractivity contribution in [3.63, 3.8) is 0 Å². The molecular weight excluding hydrogens is 342 g/mol. The third-order valence-corrected chi connectivity index (χ3v) is 4.39. The van der Waals surface area contributed by atoms with Crippen molar-refractivity contribution in [1.82, 2.24) is 4.98 Å². The Morgan fingerprint density at radius 2 is 2.05 bits per heavy atom. The zero-order valence-electron chi connectivity index (χ0n) is 10.0. The number of nitrogen functional groups attached to an aromatic ring is 1. The van der Waals surface area contributed by atoms with Gasteiger partial charge in [-0.15, -0.1) is 11.3 Å². The second-order valence-electron chi connectivity index (χ2n) is 4.16. The fraction of sp³-hybridized carbons (Fsp3) is 0. The Hall–Kier alpha value is -1.99. The largest absolute Gasteiger partial charge is 0.398 e. The van der Waals surface area contributed by atoms with Gasteiger partial charge in [0.2, 0.25) is 0 Å². The van der Waals surface area contributed by atoms with Crippen LogP contribution in [0.4, 0.5) is 11.4 Å². The SMILES string of the molecule is Nc1cc([N+](=O)[O-])ccc1-c1nc2cc(Br)ccc2s1. The van der Waals surface area contributed by atoms with Gasteiger partial charge in [-0.3, -0.25) is 10.1 Å². The molecule has 20 heavy (non-hydrogen) atoms. The standard InChI is InChI=1S/C13H8BrN3O2S/c14-7-1-4-12-11(5-7)16-13(20-12)9-3-2-8(17(18)19)6-10(9)15/h1-6H,15H2. The quantitative estimate of drug-likeness (QED) is 0.426. The topological polar surface area (TPSA) is 82.0 Å². The minimum Gasteiger partial charge on any atom is -0.398 e. The molecule has 1 heterocycles. The van der Waals surface area contributed by atoms with Crippen molar-refractivity contribution in [3.05, 3.63) is 51.0 Å². The number of nitro benzene ring substituents is 1. The van der Waals surface area contributed by atoms with Gasteiger partial charge in [-0.05, 0) is 24.3 Å². The fourth-order valence-corrected chi connectivity index (χ4v) is 3.22. The van der Waals surface area contributed by atoms with Gasteiger partial charge >= 0.3 is 0 Å². The molecule has 0 bridgehead atoms. The van der Waals surface area contributed by atoms with Crippen molar-refractivity contribution in [2.24, 2.45) is 0 Å². The van der Waals surface area contributed by atoms with Crippen LogP contribution in [0.1, 0.15) is 0 Å². The van der Waals surface area contributed by atoms with Crippen molar-refractivity contribution in [1.29, 1.82) is 0 Å². The van der Waals surface area contributed by atoms with Crippen LogP contribution in [0.25, 0.3) is 20.8 Å². The first kappa shape index (κ1) is 13.0. The third-order valence-electron chi connectivity index (χ3n) is 2.83. The second-order valence-corrected chi connectivity index (χ2v) is 6.11. The number of aromatic nitrogens is 1. The summed E-state index contributed by atoms with van der Waals surface area (Å²) in [5.41, 5.74) is 7.82. The van der Waals surface area contributed by atoms with Gasteiger partial charge in [-0.2, -0.15) is 0 Å². The molecule has 3 rings (SSSR count). The van der Waals surface area contributed by atoms with Crippen LogP contribution in [-0.4, -0.2) is 9.91 Å². The molecule has 2 N–H and O–H groups in total. The minimum atomic E-state index is -0.463. The number of rotatable bonds is 2. The highest BCUT2D eigenvalue weighted by Crippen LogP contribution is 2.35. The van der Waals surface area contributed by atoms with Gasteiger partial charge in [0.05, 0.1) is 15.1 Å². The van der Waals surface area contributed by atoms with Crippen molar-refractivity contribution in [3.8, 4) is 10.6 Å². The molecule has 0 fully saturated rings. The van der Waals surface area contributed by atoms with Crippen molar-refractivity contribution >= 4 is 48.9 Å². The lowest BCUT2D eigenvalue weighted by molar-refractivity contribution is -0.384. The van der Waals surface area contributed by atoms with E-state index in [4.69, 9.17) is 5.73 Å². The number of hydrogen-bond acceptors (Lipinski definition) is 5. The number of anilines is 1. The number of nitrogens with zero attached hydrogens (tertiary/aromatic N) is 2. The Labute approximate surface area is 126 Å². The minimum absolute atomic E-state index is 0.0184. The summed E-state index contributed by atoms with van der Waals surface area (Å²) in [4.78, 5) is 14.8. The molecule has 0 saturated heterocycles. The lowest BCUT2D eigenvalue weighted by Crippen LogP contribution is -1.93. The molecule has 0 aliphatic carbocycles. The lowest BCUT2D eigenvalue weighted by atomic mass is 10.1. The molecule has 3 aromatic rings. The first-order chi connectivity index (χ1) is 9.54. The summed E-state index contributed by atoms with van der Waals surface area (Å²) in [6, 6.07) is 10.3. The maximum Gasteiger partial charge on any atom is 0.271 e. The van der Waals surface area contributed by atoms with Gasteiger partial charge in [0.1, 0.15) is 5.01 Å². The van der Waals surface area contributed by atoms with Crippen LogP contribution in [-0.2, 0) is 0 Å². The Morgan fingerprint density at radius 1 is 1.25 bits per heavy atom. The molecule has 0 radical (unpaired) electrons. The summed E-state index contributed by atoms with van der Waals surface area (Å²) < 4.78 is 2.00. The lowest BCUT2D eigenvalue weighted by Gasteiger charge is -2.01. The van der Waals surface area contributed by atoms with Gasteiger partial charge in [-0.25, -0.2) is 4.98 Å². The molecule has 5 nitrogen and oxygen atoms in total. The number of benzene rings is 2. The molecule has 1 aromatic heterocycles. The predicted molar refractivity (Wildman–Crippen MR) is 83.8 cm³/mol. The van der Waals surface area contributed by atoms with E-state index in [9.17, 15) is 10.1 Å². The highest BCUT2D eigenvalue weighted by atomic mass is 79.9. The Kier molecular flexibility index (Phi) is 3.15. The third kappa shape index (κ3) is 2.25. The number of thiazole rings is 1. The molecule has 0 saturated carbocycles. The van der Waals surface area contributed by atoms with Gasteiger partial charge in [-0.1, -0.05) is 15.9 Å². The molecular formula is C13H8BrN3O2S. The van der Waals surface area contributed by atoms with E-state index >= 15 is 0 Å². The van der Waals surface area contributed by atoms with Crippen LogP contribution >= 0.6 is 27.3 Å². The van der Waals surface area contributed by atoms with E-state index < -0.39 is 4.92 Å². The van der Waals surface area contributed by atoms with E-state index in [0.717, 1.165) is 19.7 Å². The highest BCUT2D eigenvalue weighted by Gasteiger charge is 2.13. The normalized spacial score (nSPS) is 10.8. The molecule has 0 aliphatic heterocycles. The van der Waals surface area contributed by atoms with Crippen molar-refractivity contribution < 1.29 is 4.92 Å². The van der Waals surface area contributed by atoms with Crippen molar-refractivity contribution in [2.45, 2.75) is 0 Å². The number of fused-ring (bicyclic) bond motifs is 1. The Balaban J connectivity index is 2.13. The van der Waals surface area contributed by atoms with Gasteiger partial charge in [0.25, 0.3) is 5.69 Å². The molecule has 100 valence electrons. The van der Waals surface area contributed by atoms with E-state index in [-0.39, 0.29) is 5.69 Å². The van der Waals surface area contributed by atoms with E-state index in [0.29, 0.717) is 11.3 Å². The van der Waals surface area contributed by atoms with Crippen LogP contribution in [0.2, 0.25) is 0 Å². The summed E-state index contributed by atoms with van der Waals surface area (Å²) in [6.45, 7) is 0. The van der Waals surface area contributed by atoms with Crippen LogP contribution in [0, 0.1) is 10.1 Å². The molecule has 0 atom stereocenters. The van der Waals surface area contributed by atoms with Crippen molar-refractivity contribution in [2.75, 3.05) is 5.73 Å². The Bertz CT molecular complexity index is 832. The summed E-state index contributed by atoms with van der Waals surface area (Å²) in [5, 5.41) is 11.5. The second kappa shape index (κ2) is 4.84. The Morgan fingerprint density at radius 3 is 2.75 bits per heavy atom. The first-order valence-corrected chi connectivity index (χ1v) is 7.26. The first-order valence-electron chi connectivity index (χ1n) is 5.65. The van der Waals surface area contributed by atoms with Gasteiger partial charge in [0, 0.05) is 27.9 Å². The number of hydrogen-bond donors (Lipinski definition) is 1. The van der Waals surface area contributed by atoms with Crippen LogP contribution < -0.4 is 5.73 Å². The smallest absolute Gasteiger partial charge is 0.271 e. The molecule has 7 heteroatoms. The molecule has 0 unspecified atom stereocenters. The number of nitro groups is 1. The average molecular weight is 350 g/mol. The van der Waals surface area contributed by atoms with E-state index in [2.05, 4.69) is 20.9 Å². The number of halogens is 1. The monoisotopic (exact) mass is 349 g/mol. The summed E-state index contributed by atoms with van der Waals surface area (Å²) in [6.07, 6.45) is 0. The fourth-order valence-electron chi connectivity index (χ4n) is 1.87.